The van der Waals surface area contributed by atoms with Crippen molar-refractivity contribution in [2.24, 2.45) is 11.7 Å². The number of carboxylic acid groups (broad SMARTS) is 1. The summed E-state index contributed by atoms with van der Waals surface area (Å²) in [6.07, 6.45) is 0. The van der Waals surface area contributed by atoms with Crippen LogP contribution in [-0.2, 0) is 4.79 Å². The molecule has 0 fully saturated rings. The average Bonchev–Trinajstić information content (AvgIpc) is 1.72. The number of nitrogens with two attached hydrogens (primary N) is 2. The topological polar surface area (TPSA) is 89.3 Å². The summed E-state index contributed by atoms with van der Waals surface area (Å²) in [6.45, 7) is 0. The lowest BCUT2D eigenvalue weighted by Crippen LogP contribution is -2.03. The fourth-order valence-corrected chi connectivity index (χ4v) is 0. The van der Waals surface area contributed by atoms with E-state index in [0.717, 1.165) is 0 Å². The molecule has 8 heavy (non-hydrogen) atoms. The van der Waals surface area contributed by atoms with E-state index in [1.165, 1.54) is 0 Å². The average molecular weight is 161 g/mol. The highest BCUT2D eigenvalue weighted by molar-refractivity contribution is 6.52. The van der Waals surface area contributed by atoms with Gasteiger partial charge in [-0.25, -0.2) is 4.79 Å². The van der Waals surface area contributed by atoms with Gasteiger partial charge in [0.25, 0.3) is 0 Å². The molecule has 0 aromatic carbocycles. The second-order valence-corrected chi connectivity index (χ2v) is 1.74. The number of hydrogen-bond donors (Lipinski definition) is 3. The number of carbonyl (C=O) groups is 1. The molecular formula is C2H6Cl2N2O2. The number of hydrazine groups is 1. The van der Waals surface area contributed by atoms with Gasteiger partial charge in [-0.15, -0.1) is 0 Å². The van der Waals surface area contributed by atoms with Crippen LogP contribution in [0.1, 0.15) is 0 Å². The van der Waals surface area contributed by atoms with E-state index in [2.05, 4.69) is 11.7 Å². The molecule has 0 atom stereocenters. The van der Waals surface area contributed by atoms with Crippen molar-refractivity contribution in [2.75, 3.05) is 0 Å². The largest absolute Gasteiger partial charge is 0.479 e. The van der Waals surface area contributed by atoms with Crippen LogP contribution in [0.4, 0.5) is 0 Å². The molecule has 0 heterocycles. The van der Waals surface area contributed by atoms with Crippen LogP contribution in [0, 0.1) is 0 Å². The number of aliphatic carboxylic acids is 1. The van der Waals surface area contributed by atoms with E-state index in [1.54, 1.807) is 0 Å². The lowest BCUT2D eigenvalue weighted by Gasteiger charge is -1.84. The van der Waals surface area contributed by atoms with Gasteiger partial charge < -0.3 is 5.11 Å². The summed E-state index contributed by atoms with van der Waals surface area (Å²) in [5, 5.41) is 7.73. The molecule has 0 radical (unpaired) electrons. The van der Waals surface area contributed by atoms with Crippen LogP contribution in [0.15, 0.2) is 0 Å². The van der Waals surface area contributed by atoms with E-state index in [-0.39, 0.29) is 0 Å². The van der Waals surface area contributed by atoms with Gasteiger partial charge in [0.2, 0.25) is 4.84 Å². The third-order valence-electron chi connectivity index (χ3n) is 0.187. The first-order chi connectivity index (χ1) is 3.64. The highest BCUT2D eigenvalue weighted by Crippen LogP contribution is 1.98. The van der Waals surface area contributed by atoms with Gasteiger partial charge in [-0.3, -0.25) is 11.7 Å². The zero-order chi connectivity index (χ0) is 7.15. The molecule has 0 aliphatic carbocycles. The molecule has 0 aromatic rings. The number of rotatable bonds is 1. The van der Waals surface area contributed by atoms with E-state index in [4.69, 9.17) is 28.3 Å². The van der Waals surface area contributed by atoms with Gasteiger partial charge in [0.05, 0.1) is 0 Å². The standard InChI is InChI=1S/C2H2Cl2O2.H4N2/c3-1(4)2(5)6;1-2/h1H,(H,5,6);1-2H2. The third-order valence-corrected chi connectivity index (χ3v) is 0.560. The van der Waals surface area contributed by atoms with Gasteiger partial charge in [-0.05, 0) is 0 Å². The second kappa shape index (κ2) is 6.97. The number of alkyl halides is 2. The van der Waals surface area contributed by atoms with E-state index < -0.39 is 10.8 Å². The maximum Gasteiger partial charge on any atom is 0.337 e. The minimum Gasteiger partial charge on any atom is -0.479 e. The Morgan fingerprint density at radius 3 is 1.62 bits per heavy atom. The van der Waals surface area contributed by atoms with Gasteiger partial charge in [-0.1, -0.05) is 23.2 Å². The number of carboxylic acids is 1. The molecule has 0 saturated carbocycles. The summed E-state index contributed by atoms with van der Waals surface area (Å²) < 4.78 is 0. The van der Waals surface area contributed by atoms with Crippen LogP contribution >= 0.6 is 23.2 Å². The Bertz CT molecular complexity index is 67.1. The zero-order valence-electron chi connectivity index (χ0n) is 3.84. The molecule has 0 aromatic heterocycles. The van der Waals surface area contributed by atoms with Crippen LogP contribution in [0.25, 0.3) is 0 Å². The molecule has 0 aliphatic heterocycles. The summed E-state index contributed by atoms with van der Waals surface area (Å²) in [6, 6.07) is 0. The molecule has 0 spiro atoms. The second-order valence-electron chi connectivity index (χ2n) is 0.639. The first-order valence-corrected chi connectivity index (χ1v) is 2.36. The summed E-state index contributed by atoms with van der Waals surface area (Å²) in [5.74, 6) is 6.79. The van der Waals surface area contributed by atoms with E-state index in [1.807, 2.05) is 0 Å². The monoisotopic (exact) mass is 160 g/mol. The van der Waals surface area contributed by atoms with Crippen LogP contribution in [0.3, 0.4) is 0 Å². The Balaban J connectivity index is 0. The van der Waals surface area contributed by atoms with Gasteiger partial charge in [0, 0.05) is 0 Å². The van der Waals surface area contributed by atoms with Crippen molar-refractivity contribution in [3.05, 3.63) is 0 Å². The van der Waals surface area contributed by atoms with Crippen LogP contribution in [0.5, 0.6) is 0 Å². The molecular weight excluding hydrogens is 155 g/mol. The Morgan fingerprint density at radius 1 is 1.50 bits per heavy atom. The lowest BCUT2D eigenvalue weighted by atomic mass is 10.8. The van der Waals surface area contributed by atoms with E-state index >= 15 is 0 Å². The number of halogens is 2. The number of hydrogen-bond acceptors (Lipinski definition) is 3. The predicted molar refractivity (Wildman–Crippen MR) is 31.5 cm³/mol. The third kappa shape index (κ3) is 9.36. The van der Waals surface area contributed by atoms with Crippen molar-refractivity contribution in [2.45, 2.75) is 4.84 Å². The highest BCUT2D eigenvalue weighted by Gasteiger charge is 2.05. The van der Waals surface area contributed by atoms with Crippen molar-refractivity contribution in [1.29, 1.82) is 0 Å². The minimum atomic E-state index is -1.29. The van der Waals surface area contributed by atoms with Crippen LogP contribution < -0.4 is 11.7 Å². The molecule has 5 N–H and O–H groups in total. The first-order valence-electron chi connectivity index (χ1n) is 1.49. The molecule has 0 unspecified atom stereocenters. The molecule has 50 valence electrons. The Hall–Kier alpha value is -0.0300. The molecule has 6 heteroatoms. The lowest BCUT2D eigenvalue weighted by molar-refractivity contribution is -0.135. The maximum absolute atomic E-state index is 9.44. The van der Waals surface area contributed by atoms with Crippen molar-refractivity contribution < 1.29 is 9.90 Å². The molecule has 0 rings (SSSR count). The van der Waals surface area contributed by atoms with Crippen LogP contribution in [0.2, 0.25) is 0 Å². The minimum absolute atomic E-state index is 1.21. The highest BCUT2D eigenvalue weighted by atomic mass is 35.5. The SMILES string of the molecule is NN.O=C(O)C(Cl)Cl. The zero-order valence-corrected chi connectivity index (χ0v) is 5.36. The van der Waals surface area contributed by atoms with Gasteiger partial charge in [-0.2, -0.15) is 0 Å². The van der Waals surface area contributed by atoms with Crippen molar-refractivity contribution >= 4 is 29.2 Å². The Labute approximate surface area is 56.3 Å². The van der Waals surface area contributed by atoms with E-state index in [9.17, 15) is 4.79 Å². The molecule has 4 nitrogen and oxygen atoms in total. The quantitative estimate of drug-likeness (QED) is 0.279. The smallest absolute Gasteiger partial charge is 0.337 e. The van der Waals surface area contributed by atoms with Gasteiger partial charge in [0.1, 0.15) is 0 Å². The summed E-state index contributed by atoms with van der Waals surface area (Å²) in [5.41, 5.74) is 0. The van der Waals surface area contributed by atoms with Crippen molar-refractivity contribution in [1.82, 2.24) is 0 Å². The van der Waals surface area contributed by atoms with Crippen molar-refractivity contribution in [3.63, 3.8) is 0 Å². The predicted octanol–water partition coefficient (Wildman–Crippen LogP) is -0.306. The molecule has 0 aliphatic rings. The van der Waals surface area contributed by atoms with Gasteiger partial charge >= 0.3 is 5.97 Å². The van der Waals surface area contributed by atoms with Crippen molar-refractivity contribution in [3.8, 4) is 0 Å². The fourth-order valence-electron chi connectivity index (χ4n) is 0. The Kier molecular flexibility index (Phi) is 9.46. The van der Waals surface area contributed by atoms with Gasteiger partial charge in [0.15, 0.2) is 0 Å². The first kappa shape index (κ1) is 10.9. The normalized spacial score (nSPS) is 7.62. The fraction of sp³-hybridized carbons (Fsp3) is 0.500. The molecule has 0 saturated heterocycles. The maximum atomic E-state index is 9.44. The summed E-state index contributed by atoms with van der Waals surface area (Å²) in [4.78, 5) is 8.15. The molecule has 0 amide bonds. The van der Waals surface area contributed by atoms with E-state index in [0.29, 0.717) is 0 Å². The van der Waals surface area contributed by atoms with Crippen LogP contribution in [-0.4, -0.2) is 15.9 Å². The summed E-state index contributed by atoms with van der Waals surface area (Å²) in [7, 11) is 0. The Morgan fingerprint density at radius 2 is 1.62 bits per heavy atom. The summed E-state index contributed by atoms with van der Waals surface area (Å²) >= 11 is 9.56. The molecule has 0 bridgehead atoms.